The number of hydrogen-bond acceptors (Lipinski definition) is 6. The van der Waals surface area contributed by atoms with Crippen LogP contribution in [-0.2, 0) is 27.3 Å². The lowest BCUT2D eigenvalue weighted by Crippen LogP contribution is -2.40. The number of imide groups is 1. The van der Waals surface area contributed by atoms with Gasteiger partial charge in [0, 0.05) is 11.9 Å². The molecular weight excluding hydrogens is 256 g/mol. The molecule has 1 unspecified atom stereocenters. The molecule has 0 bridgehead atoms. The van der Waals surface area contributed by atoms with Gasteiger partial charge in [-0.3, -0.25) is 19.7 Å². The lowest BCUT2D eigenvalue weighted by Gasteiger charge is -2.07. The number of nitrogens with two attached hydrogens (primary N) is 1. The van der Waals surface area contributed by atoms with Gasteiger partial charge in [-0.15, -0.1) is 11.3 Å². The number of hydrogen-bond donors (Lipinski definition) is 3. The Bertz CT molecular complexity index is 499. The van der Waals surface area contributed by atoms with Crippen LogP contribution in [-0.4, -0.2) is 28.7 Å². The zero-order chi connectivity index (χ0) is 13.1. The van der Waals surface area contributed by atoms with Crippen molar-refractivity contribution >= 4 is 29.1 Å². The number of nitrogens with one attached hydrogen (secondary N) is 2. The van der Waals surface area contributed by atoms with Crippen LogP contribution in [0, 0.1) is 0 Å². The number of carbonyl (C=O) groups excluding carboxylic acids is 3. The molecule has 8 heteroatoms. The van der Waals surface area contributed by atoms with Crippen molar-refractivity contribution in [3.63, 3.8) is 0 Å². The van der Waals surface area contributed by atoms with Crippen LogP contribution in [0.15, 0.2) is 5.38 Å². The first-order chi connectivity index (χ1) is 8.58. The van der Waals surface area contributed by atoms with E-state index in [4.69, 9.17) is 5.73 Å². The second kappa shape index (κ2) is 5.23. The topological polar surface area (TPSA) is 114 Å². The molecule has 2 heterocycles. The van der Waals surface area contributed by atoms with Crippen molar-refractivity contribution in [2.45, 2.75) is 25.4 Å². The molecule has 1 aromatic heterocycles. The van der Waals surface area contributed by atoms with E-state index in [2.05, 4.69) is 15.6 Å². The van der Waals surface area contributed by atoms with Crippen molar-refractivity contribution in [2.24, 2.45) is 5.73 Å². The third-order valence-corrected chi connectivity index (χ3v) is 3.34. The van der Waals surface area contributed by atoms with Crippen molar-refractivity contribution in [3.05, 3.63) is 16.1 Å². The molecule has 1 aliphatic rings. The maximum atomic E-state index is 11.6. The smallest absolute Gasteiger partial charge is 0.249 e. The lowest BCUT2D eigenvalue weighted by molar-refractivity contribution is -0.128. The molecule has 1 aromatic rings. The Morgan fingerprint density at radius 2 is 2.39 bits per heavy atom. The average molecular weight is 268 g/mol. The molecule has 3 amide bonds. The highest BCUT2D eigenvalue weighted by molar-refractivity contribution is 7.09. The largest absolute Gasteiger partial charge is 0.343 e. The fourth-order valence-corrected chi connectivity index (χ4v) is 2.28. The van der Waals surface area contributed by atoms with Crippen molar-refractivity contribution in [1.82, 2.24) is 15.6 Å². The summed E-state index contributed by atoms with van der Waals surface area (Å²) in [7, 11) is 0. The van der Waals surface area contributed by atoms with E-state index < -0.39 is 11.9 Å². The molecule has 0 spiro atoms. The second-order valence-electron chi connectivity index (χ2n) is 3.85. The standard InChI is InChI=1S/C10H12N4O3S/c11-3-9-12-5(4-18-9)1-7(15)13-6-2-8(16)14-10(6)17/h4,6H,1-3,11H2,(H,13,15)(H,14,16,17). The number of amides is 3. The fourth-order valence-electron chi connectivity index (χ4n) is 1.60. The first-order valence-corrected chi connectivity index (χ1v) is 6.23. The van der Waals surface area contributed by atoms with Gasteiger partial charge in [-0.05, 0) is 0 Å². The van der Waals surface area contributed by atoms with Gasteiger partial charge in [0.05, 0.1) is 18.5 Å². The van der Waals surface area contributed by atoms with Gasteiger partial charge in [0.25, 0.3) is 0 Å². The van der Waals surface area contributed by atoms with Gasteiger partial charge in [0.15, 0.2) is 0 Å². The third kappa shape index (κ3) is 2.90. The van der Waals surface area contributed by atoms with Crippen LogP contribution in [0.25, 0.3) is 0 Å². The SMILES string of the molecule is NCc1nc(CC(=O)NC2CC(=O)NC2=O)cs1. The molecule has 1 aliphatic heterocycles. The molecule has 18 heavy (non-hydrogen) atoms. The summed E-state index contributed by atoms with van der Waals surface area (Å²) in [6.45, 7) is 0.339. The fraction of sp³-hybridized carbons (Fsp3) is 0.400. The molecule has 1 fully saturated rings. The Balaban J connectivity index is 1.89. The minimum atomic E-state index is -0.766. The second-order valence-corrected chi connectivity index (χ2v) is 4.79. The van der Waals surface area contributed by atoms with Crippen LogP contribution in [0.5, 0.6) is 0 Å². The molecule has 2 rings (SSSR count). The van der Waals surface area contributed by atoms with Crippen LogP contribution in [0.4, 0.5) is 0 Å². The normalized spacial score (nSPS) is 18.8. The molecule has 0 aliphatic carbocycles. The monoisotopic (exact) mass is 268 g/mol. The Kier molecular flexibility index (Phi) is 3.68. The van der Waals surface area contributed by atoms with Crippen molar-refractivity contribution in [1.29, 1.82) is 0 Å². The van der Waals surface area contributed by atoms with Gasteiger partial charge >= 0.3 is 0 Å². The maximum absolute atomic E-state index is 11.6. The minimum absolute atomic E-state index is 0.00428. The molecule has 0 radical (unpaired) electrons. The van der Waals surface area contributed by atoms with E-state index in [1.165, 1.54) is 11.3 Å². The quantitative estimate of drug-likeness (QED) is 0.586. The molecule has 4 N–H and O–H groups in total. The highest BCUT2D eigenvalue weighted by Crippen LogP contribution is 2.09. The van der Waals surface area contributed by atoms with Crippen LogP contribution < -0.4 is 16.4 Å². The zero-order valence-corrected chi connectivity index (χ0v) is 10.3. The van der Waals surface area contributed by atoms with Gasteiger partial charge in [-0.2, -0.15) is 0 Å². The van der Waals surface area contributed by atoms with E-state index >= 15 is 0 Å². The van der Waals surface area contributed by atoms with E-state index in [1.54, 1.807) is 5.38 Å². The molecular formula is C10H12N4O3S. The predicted octanol–water partition coefficient (Wildman–Crippen LogP) is -1.32. The first kappa shape index (κ1) is 12.7. The average Bonchev–Trinajstić information content (AvgIpc) is 2.86. The van der Waals surface area contributed by atoms with Gasteiger partial charge in [-0.1, -0.05) is 0 Å². The van der Waals surface area contributed by atoms with Crippen LogP contribution >= 0.6 is 11.3 Å². The van der Waals surface area contributed by atoms with Crippen molar-refractivity contribution in [2.75, 3.05) is 0 Å². The maximum Gasteiger partial charge on any atom is 0.249 e. The van der Waals surface area contributed by atoms with Crippen LogP contribution in [0.1, 0.15) is 17.1 Å². The zero-order valence-electron chi connectivity index (χ0n) is 9.43. The highest BCUT2D eigenvalue weighted by atomic mass is 32.1. The van der Waals surface area contributed by atoms with Crippen molar-refractivity contribution < 1.29 is 14.4 Å². The van der Waals surface area contributed by atoms with E-state index in [1.807, 2.05) is 0 Å². The molecule has 0 aromatic carbocycles. The molecule has 0 saturated carbocycles. The van der Waals surface area contributed by atoms with E-state index in [0.29, 0.717) is 12.2 Å². The Hall–Kier alpha value is -1.80. The number of thiazole rings is 1. The van der Waals surface area contributed by atoms with Gasteiger partial charge < -0.3 is 11.1 Å². The highest BCUT2D eigenvalue weighted by Gasteiger charge is 2.31. The molecule has 7 nitrogen and oxygen atoms in total. The summed E-state index contributed by atoms with van der Waals surface area (Å²) in [6, 6.07) is -0.766. The number of rotatable bonds is 4. The van der Waals surface area contributed by atoms with Gasteiger partial charge in [0.1, 0.15) is 11.0 Å². The number of carbonyl (C=O) groups is 3. The third-order valence-electron chi connectivity index (χ3n) is 2.42. The summed E-state index contributed by atoms with van der Waals surface area (Å²) in [5.41, 5.74) is 6.03. The van der Waals surface area contributed by atoms with Crippen LogP contribution in [0.3, 0.4) is 0 Å². The summed E-state index contributed by atoms with van der Waals surface area (Å²) in [5.74, 6) is -1.17. The summed E-state index contributed by atoms with van der Waals surface area (Å²) in [5, 5.41) is 7.13. The Labute approximate surface area is 107 Å². The first-order valence-electron chi connectivity index (χ1n) is 5.35. The van der Waals surface area contributed by atoms with E-state index in [0.717, 1.165) is 5.01 Å². The predicted molar refractivity (Wildman–Crippen MR) is 63.4 cm³/mol. The minimum Gasteiger partial charge on any atom is -0.343 e. The molecule has 96 valence electrons. The van der Waals surface area contributed by atoms with Gasteiger partial charge in [0.2, 0.25) is 17.7 Å². The van der Waals surface area contributed by atoms with E-state index in [9.17, 15) is 14.4 Å². The summed E-state index contributed by atoms with van der Waals surface area (Å²) in [4.78, 5) is 38.0. The summed E-state index contributed by atoms with van der Waals surface area (Å²) < 4.78 is 0. The number of aromatic nitrogens is 1. The Morgan fingerprint density at radius 3 is 2.94 bits per heavy atom. The molecule has 1 atom stereocenters. The summed E-state index contributed by atoms with van der Waals surface area (Å²) >= 11 is 1.39. The summed E-state index contributed by atoms with van der Waals surface area (Å²) in [6.07, 6.45) is 0.0736. The lowest BCUT2D eigenvalue weighted by atomic mass is 10.2. The van der Waals surface area contributed by atoms with Gasteiger partial charge in [-0.25, -0.2) is 4.98 Å². The molecule has 1 saturated heterocycles. The van der Waals surface area contributed by atoms with Crippen LogP contribution in [0.2, 0.25) is 0 Å². The van der Waals surface area contributed by atoms with E-state index in [-0.39, 0.29) is 24.7 Å². The Morgan fingerprint density at radius 1 is 1.61 bits per heavy atom. The van der Waals surface area contributed by atoms with Crippen molar-refractivity contribution in [3.8, 4) is 0 Å². The number of nitrogens with zero attached hydrogens (tertiary/aromatic N) is 1.